The highest BCUT2D eigenvalue weighted by atomic mass is 35.5. The number of alkyl halides is 3. The number of benzene rings is 1. The average Bonchev–Trinajstić information content (AvgIpc) is 2.19. The minimum atomic E-state index is -4.71. The molecule has 6 heteroatoms. The lowest BCUT2D eigenvalue weighted by molar-refractivity contribution is -0.274. The molecular formula is C11H10ClF3O2. The monoisotopic (exact) mass is 266 g/mol. The first-order valence-corrected chi connectivity index (χ1v) is 5.01. The molecular weight excluding hydrogens is 257 g/mol. The number of methoxy groups -OCH3 is 1. The van der Waals surface area contributed by atoms with Crippen LogP contribution < -0.4 is 4.74 Å². The maximum absolute atomic E-state index is 11.9. The van der Waals surface area contributed by atoms with E-state index in [1.165, 1.54) is 19.2 Å². The van der Waals surface area contributed by atoms with Crippen molar-refractivity contribution >= 4 is 17.7 Å². The first-order chi connectivity index (χ1) is 7.92. The van der Waals surface area contributed by atoms with Gasteiger partial charge in [-0.15, -0.1) is 13.2 Å². The van der Waals surface area contributed by atoms with Crippen molar-refractivity contribution < 1.29 is 22.6 Å². The van der Waals surface area contributed by atoms with Gasteiger partial charge in [0.1, 0.15) is 5.75 Å². The van der Waals surface area contributed by atoms with Gasteiger partial charge in [0.15, 0.2) is 0 Å². The van der Waals surface area contributed by atoms with Crippen molar-refractivity contribution in [1.82, 2.24) is 0 Å². The molecule has 94 valence electrons. The van der Waals surface area contributed by atoms with Gasteiger partial charge in [-0.25, -0.2) is 0 Å². The Kier molecular flexibility index (Phi) is 4.84. The molecule has 0 aromatic heterocycles. The second-order valence-corrected chi connectivity index (χ2v) is 3.50. The van der Waals surface area contributed by atoms with Gasteiger partial charge in [0.2, 0.25) is 0 Å². The van der Waals surface area contributed by atoms with E-state index in [1.54, 1.807) is 12.2 Å². The van der Waals surface area contributed by atoms with Crippen molar-refractivity contribution in [2.45, 2.75) is 6.36 Å². The minimum absolute atomic E-state index is 0.180. The lowest BCUT2D eigenvalue weighted by Crippen LogP contribution is -2.17. The summed E-state index contributed by atoms with van der Waals surface area (Å²) in [4.78, 5) is 0. The molecule has 0 atom stereocenters. The van der Waals surface area contributed by atoms with Crippen LogP contribution >= 0.6 is 11.6 Å². The minimum Gasteiger partial charge on any atom is -0.406 e. The molecule has 0 fully saturated rings. The van der Waals surface area contributed by atoms with E-state index in [-0.39, 0.29) is 10.8 Å². The Bertz CT molecular complexity index is 402. The van der Waals surface area contributed by atoms with Gasteiger partial charge >= 0.3 is 6.36 Å². The van der Waals surface area contributed by atoms with Crippen LogP contribution in [0.2, 0.25) is 5.02 Å². The second kappa shape index (κ2) is 5.93. The Hall–Kier alpha value is -1.20. The Morgan fingerprint density at radius 1 is 1.35 bits per heavy atom. The maximum Gasteiger partial charge on any atom is 0.573 e. The van der Waals surface area contributed by atoms with Gasteiger partial charge in [0.25, 0.3) is 0 Å². The summed E-state index contributed by atoms with van der Waals surface area (Å²) in [5.41, 5.74) is 0.596. The SMILES string of the molecule is COC/C=C/c1ccc(OC(F)(F)F)cc1Cl. The summed E-state index contributed by atoms with van der Waals surface area (Å²) in [6, 6.07) is 3.75. The molecule has 0 amide bonds. The first kappa shape index (κ1) is 13.9. The van der Waals surface area contributed by atoms with Gasteiger partial charge in [0, 0.05) is 7.11 Å². The van der Waals surface area contributed by atoms with E-state index >= 15 is 0 Å². The molecule has 0 aliphatic carbocycles. The van der Waals surface area contributed by atoms with Crippen molar-refractivity contribution in [1.29, 1.82) is 0 Å². The van der Waals surface area contributed by atoms with E-state index < -0.39 is 6.36 Å². The van der Waals surface area contributed by atoms with Crippen LogP contribution in [0.4, 0.5) is 13.2 Å². The van der Waals surface area contributed by atoms with Crippen molar-refractivity contribution in [3.63, 3.8) is 0 Å². The summed E-state index contributed by atoms with van der Waals surface area (Å²) in [5.74, 6) is -0.341. The largest absolute Gasteiger partial charge is 0.573 e. The quantitative estimate of drug-likeness (QED) is 0.823. The third kappa shape index (κ3) is 5.10. The molecule has 0 radical (unpaired) electrons. The highest BCUT2D eigenvalue weighted by Gasteiger charge is 2.31. The third-order valence-electron chi connectivity index (χ3n) is 1.77. The highest BCUT2D eigenvalue weighted by molar-refractivity contribution is 6.32. The van der Waals surface area contributed by atoms with E-state index in [1.807, 2.05) is 0 Å². The number of halogens is 4. The van der Waals surface area contributed by atoms with E-state index in [0.717, 1.165) is 6.07 Å². The standard InChI is InChI=1S/C11H10ClF3O2/c1-16-6-2-3-8-4-5-9(7-10(8)12)17-11(13,14)15/h2-5,7H,6H2,1H3/b3-2+. The molecule has 1 rings (SSSR count). The number of ether oxygens (including phenoxy) is 2. The van der Waals surface area contributed by atoms with Gasteiger partial charge in [-0.05, 0) is 23.8 Å². The predicted octanol–water partition coefficient (Wildman–Crippen LogP) is 3.90. The fourth-order valence-electron chi connectivity index (χ4n) is 1.11. The Balaban J connectivity index is 2.79. The fraction of sp³-hybridized carbons (Fsp3) is 0.273. The van der Waals surface area contributed by atoms with Crippen molar-refractivity contribution in [2.24, 2.45) is 0 Å². The number of hydrogen-bond donors (Lipinski definition) is 0. The Morgan fingerprint density at radius 3 is 2.59 bits per heavy atom. The summed E-state index contributed by atoms with van der Waals surface area (Å²) in [7, 11) is 1.53. The highest BCUT2D eigenvalue weighted by Crippen LogP contribution is 2.28. The second-order valence-electron chi connectivity index (χ2n) is 3.09. The fourth-order valence-corrected chi connectivity index (χ4v) is 1.34. The van der Waals surface area contributed by atoms with Crippen LogP contribution in [0, 0.1) is 0 Å². The van der Waals surface area contributed by atoms with Gasteiger partial charge in [-0.1, -0.05) is 23.8 Å². The lowest BCUT2D eigenvalue weighted by Gasteiger charge is -2.09. The van der Waals surface area contributed by atoms with Gasteiger partial charge < -0.3 is 9.47 Å². The van der Waals surface area contributed by atoms with Crippen LogP contribution in [0.15, 0.2) is 24.3 Å². The van der Waals surface area contributed by atoms with Crippen LogP contribution in [-0.4, -0.2) is 20.1 Å². The zero-order valence-corrected chi connectivity index (χ0v) is 9.68. The predicted molar refractivity (Wildman–Crippen MR) is 59.0 cm³/mol. The van der Waals surface area contributed by atoms with Crippen molar-refractivity contribution in [3.05, 3.63) is 34.9 Å². The first-order valence-electron chi connectivity index (χ1n) is 4.63. The zero-order valence-electron chi connectivity index (χ0n) is 8.92. The molecule has 0 spiro atoms. The van der Waals surface area contributed by atoms with Crippen molar-refractivity contribution in [3.8, 4) is 5.75 Å². The summed E-state index contributed by atoms with van der Waals surface area (Å²) in [5, 5.41) is 0.180. The molecule has 0 aliphatic heterocycles. The van der Waals surface area contributed by atoms with Gasteiger partial charge in [-0.2, -0.15) is 0 Å². The van der Waals surface area contributed by atoms with E-state index in [9.17, 15) is 13.2 Å². The summed E-state index contributed by atoms with van der Waals surface area (Å²) < 4.78 is 44.3. The Labute approximate surface area is 102 Å². The van der Waals surface area contributed by atoms with Gasteiger partial charge in [0.05, 0.1) is 11.6 Å². The van der Waals surface area contributed by atoms with Gasteiger partial charge in [-0.3, -0.25) is 0 Å². The summed E-state index contributed by atoms with van der Waals surface area (Å²) >= 11 is 5.80. The normalized spacial score (nSPS) is 12.1. The molecule has 0 unspecified atom stereocenters. The smallest absolute Gasteiger partial charge is 0.406 e. The summed E-state index contributed by atoms with van der Waals surface area (Å²) in [6.45, 7) is 0.400. The maximum atomic E-state index is 11.9. The molecule has 0 saturated carbocycles. The van der Waals surface area contributed by atoms with E-state index in [2.05, 4.69) is 4.74 Å². The topological polar surface area (TPSA) is 18.5 Å². The molecule has 0 heterocycles. The lowest BCUT2D eigenvalue weighted by atomic mass is 10.2. The summed E-state index contributed by atoms with van der Waals surface area (Å²) in [6.07, 6.45) is -1.36. The van der Waals surface area contributed by atoms with Crippen LogP contribution in [0.25, 0.3) is 6.08 Å². The van der Waals surface area contributed by atoms with Crippen LogP contribution in [0.1, 0.15) is 5.56 Å². The van der Waals surface area contributed by atoms with Crippen LogP contribution in [-0.2, 0) is 4.74 Å². The van der Waals surface area contributed by atoms with Crippen molar-refractivity contribution in [2.75, 3.05) is 13.7 Å². The molecule has 0 N–H and O–H groups in total. The van der Waals surface area contributed by atoms with Crippen LogP contribution in [0.3, 0.4) is 0 Å². The number of hydrogen-bond acceptors (Lipinski definition) is 2. The van der Waals surface area contributed by atoms with Crippen LogP contribution in [0.5, 0.6) is 5.75 Å². The molecule has 17 heavy (non-hydrogen) atoms. The third-order valence-corrected chi connectivity index (χ3v) is 2.09. The van der Waals surface area contributed by atoms with E-state index in [4.69, 9.17) is 16.3 Å². The van der Waals surface area contributed by atoms with E-state index in [0.29, 0.717) is 12.2 Å². The zero-order chi connectivity index (χ0) is 12.9. The molecule has 2 nitrogen and oxygen atoms in total. The molecule has 0 saturated heterocycles. The average molecular weight is 267 g/mol. The number of rotatable bonds is 4. The Morgan fingerprint density at radius 2 is 2.06 bits per heavy atom. The molecule has 1 aromatic rings. The molecule has 0 bridgehead atoms. The molecule has 0 aliphatic rings. The molecule has 1 aromatic carbocycles.